The number of aryl methyl sites for hydroxylation is 1. The number of nitrogens with zero attached hydrogens (tertiary/aromatic N) is 2. The Bertz CT molecular complexity index is 396. The zero-order valence-corrected chi connectivity index (χ0v) is 8.70. The lowest BCUT2D eigenvalue weighted by atomic mass is 10.1. The predicted molar refractivity (Wildman–Crippen MR) is 55.6 cm³/mol. The Kier molecular flexibility index (Phi) is 3.88. The number of nitrogens with two attached hydrogens (primary N) is 1. The average molecular weight is 227 g/mol. The number of aliphatic hydroxyl groups excluding tert-OH is 2. The second-order valence-electron chi connectivity index (χ2n) is 3.35. The molecule has 7 heteroatoms. The summed E-state index contributed by atoms with van der Waals surface area (Å²) in [6.07, 6.45) is -2.36. The molecule has 2 atom stereocenters. The van der Waals surface area contributed by atoms with E-state index in [1.165, 1.54) is 19.1 Å². The Morgan fingerprint density at radius 2 is 2.19 bits per heavy atom. The van der Waals surface area contributed by atoms with Gasteiger partial charge in [0.2, 0.25) is 0 Å². The van der Waals surface area contributed by atoms with Crippen molar-refractivity contribution in [3.05, 3.63) is 33.6 Å². The monoisotopic (exact) mass is 227 g/mol. The maximum atomic E-state index is 10.5. The Morgan fingerprint density at radius 3 is 2.62 bits per heavy atom. The van der Waals surface area contributed by atoms with Crippen molar-refractivity contribution in [2.45, 2.75) is 19.1 Å². The van der Waals surface area contributed by atoms with Gasteiger partial charge in [-0.25, -0.2) is 4.98 Å². The molecule has 0 radical (unpaired) electrons. The van der Waals surface area contributed by atoms with E-state index >= 15 is 0 Å². The van der Waals surface area contributed by atoms with Gasteiger partial charge in [0.1, 0.15) is 11.8 Å². The Morgan fingerprint density at radius 1 is 1.56 bits per heavy atom. The molecule has 16 heavy (non-hydrogen) atoms. The van der Waals surface area contributed by atoms with Crippen LogP contribution in [0, 0.1) is 17.0 Å². The van der Waals surface area contributed by atoms with Crippen molar-refractivity contribution < 1.29 is 15.1 Å². The Labute approximate surface area is 91.7 Å². The Balaban J connectivity index is 3.01. The number of rotatable bonds is 4. The fraction of sp³-hybridized carbons (Fsp3) is 0.444. The van der Waals surface area contributed by atoms with Gasteiger partial charge in [-0.2, -0.15) is 0 Å². The fourth-order valence-corrected chi connectivity index (χ4v) is 1.26. The van der Waals surface area contributed by atoms with E-state index in [2.05, 4.69) is 4.98 Å². The van der Waals surface area contributed by atoms with Gasteiger partial charge in [-0.05, 0) is 13.0 Å². The molecule has 0 aliphatic carbocycles. The summed E-state index contributed by atoms with van der Waals surface area (Å²) in [5, 5.41) is 29.4. The SMILES string of the molecule is Cc1nc(C(O)C(O)CN)ccc1[N+](=O)[O-]. The van der Waals surface area contributed by atoms with E-state index < -0.39 is 17.1 Å². The van der Waals surface area contributed by atoms with E-state index in [-0.39, 0.29) is 23.6 Å². The number of aliphatic hydroxyl groups is 2. The number of hydrogen-bond acceptors (Lipinski definition) is 6. The second-order valence-corrected chi connectivity index (χ2v) is 3.35. The minimum absolute atomic E-state index is 0.112. The summed E-state index contributed by atoms with van der Waals surface area (Å²) in [5.41, 5.74) is 5.41. The first kappa shape index (κ1) is 12.5. The summed E-state index contributed by atoms with van der Waals surface area (Å²) in [6.45, 7) is 1.35. The van der Waals surface area contributed by atoms with Crippen LogP contribution in [0.5, 0.6) is 0 Å². The number of aromatic nitrogens is 1. The lowest BCUT2D eigenvalue weighted by molar-refractivity contribution is -0.385. The minimum Gasteiger partial charge on any atom is -0.389 e. The number of hydrogen-bond donors (Lipinski definition) is 3. The van der Waals surface area contributed by atoms with Gasteiger partial charge in [0, 0.05) is 12.6 Å². The summed E-state index contributed by atoms with van der Waals surface area (Å²) in [6, 6.07) is 2.54. The highest BCUT2D eigenvalue weighted by molar-refractivity contribution is 5.35. The molecule has 7 nitrogen and oxygen atoms in total. The van der Waals surface area contributed by atoms with E-state index in [1.54, 1.807) is 0 Å². The van der Waals surface area contributed by atoms with Crippen LogP contribution in [0.25, 0.3) is 0 Å². The van der Waals surface area contributed by atoms with Crippen LogP contribution in [-0.4, -0.2) is 32.8 Å². The van der Waals surface area contributed by atoms with Crippen molar-refractivity contribution in [2.24, 2.45) is 5.73 Å². The molecule has 4 N–H and O–H groups in total. The molecule has 0 aliphatic heterocycles. The third-order valence-corrected chi connectivity index (χ3v) is 2.19. The molecule has 0 saturated heterocycles. The minimum atomic E-state index is -1.23. The van der Waals surface area contributed by atoms with Crippen LogP contribution in [0.3, 0.4) is 0 Å². The van der Waals surface area contributed by atoms with Crippen LogP contribution in [0.2, 0.25) is 0 Å². The van der Waals surface area contributed by atoms with E-state index in [4.69, 9.17) is 5.73 Å². The van der Waals surface area contributed by atoms with E-state index in [0.29, 0.717) is 0 Å². The molecule has 0 saturated carbocycles. The highest BCUT2D eigenvalue weighted by Crippen LogP contribution is 2.20. The van der Waals surface area contributed by atoms with E-state index in [9.17, 15) is 20.3 Å². The topological polar surface area (TPSA) is 123 Å². The number of nitro groups is 1. The lowest BCUT2D eigenvalue weighted by Crippen LogP contribution is -2.27. The summed E-state index contributed by atoms with van der Waals surface area (Å²) in [4.78, 5) is 13.8. The zero-order chi connectivity index (χ0) is 12.3. The molecule has 1 aromatic heterocycles. The van der Waals surface area contributed by atoms with Gasteiger partial charge < -0.3 is 15.9 Å². The molecule has 2 unspecified atom stereocenters. The first-order valence-corrected chi connectivity index (χ1v) is 4.65. The van der Waals surface area contributed by atoms with Gasteiger partial charge >= 0.3 is 0 Å². The first-order chi connectivity index (χ1) is 7.47. The lowest BCUT2D eigenvalue weighted by Gasteiger charge is -2.15. The van der Waals surface area contributed by atoms with Crippen LogP contribution in [-0.2, 0) is 0 Å². The molecular formula is C9H13N3O4. The molecule has 1 aromatic rings. The van der Waals surface area contributed by atoms with Crippen LogP contribution in [0.4, 0.5) is 5.69 Å². The molecule has 0 spiro atoms. The zero-order valence-electron chi connectivity index (χ0n) is 8.70. The molecule has 0 aliphatic rings. The largest absolute Gasteiger partial charge is 0.389 e. The van der Waals surface area contributed by atoms with Crippen LogP contribution in [0.1, 0.15) is 17.5 Å². The highest BCUT2D eigenvalue weighted by Gasteiger charge is 2.20. The van der Waals surface area contributed by atoms with Gasteiger partial charge in [-0.1, -0.05) is 0 Å². The molecule has 0 fully saturated rings. The van der Waals surface area contributed by atoms with Crippen molar-refractivity contribution in [2.75, 3.05) is 6.54 Å². The molecule has 0 amide bonds. The molecule has 0 aromatic carbocycles. The van der Waals surface area contributed by atoms with Gasteiger partial charge in [-0.15, -0.1) is 0 Å². The van der Waals surface area contributed by atoms with Crippen molar-refractivity contribution in [3.8, 4) is 0 Å². The second kappa shape index (κ2) is 4.97. The third-order valence-electron chi connectivity index (χ3n) is 2.19. The maximum Gasteiger partial charge on any atom is 0.290 e. The van der Waals surface area contributed by atoms with Crippen molar-refractivity contribution in [1.29, 1.82) is 0 Å². The molecular weight excluding hydrogens is 214 g/mol. The summed E-state index contributed by atoms with van der Waals surface area (Å²) in [5.74, 6) is 0. The summed E-state index contributed by atoms with van der Waals surface area (Å²) in [7, 11) is 0. The van der Waals surface area contributed by atoms with E-state index in [0.717, 1.165) is 0 Å². The fourth-order valence-electron chi connectivity index (χ4n) is 1.26. The molecule has 0 bridgehead atoms. The van der Waals surface area contributed by atoms with Crippen LogP contribution < -0.4 is 5.73 Å². The maximum absolute atomic E-state index is 10.5. The standard InChI is InChI=1S/C9H13N3O4/c1-5-7(12(15)16)3-2-6(11-5)9(14)8(13)4-10/h2-3,8-9,13-14H,4,10H2,1H3. The van der Waals surface area contributed by atoms with Gasteiger partial charge in [-0.3, -0.25) is 10.1 Å². The van der Waals surface area contributed by atoms with Crippen LogP contribution in [0.15, 0.2) is 12.1 Å². The van der Waals surface area contributed by atoms with Crippen LogP contribution >= 0.6 is 0 Å². The summed E-state index contributed by atoms with van der Waals surface area (Å²) >= 11 is 0. The van der Waals surface area contributed by atoms with Crippen molar-refractivity contribution in [1.82, 2.24) is 4.98 Å². The number of pyridine rings is 1. The Hall–Kier alpha value is -1.57. The molecule has 88 valence electrons. The van der Waals surface area contributed by atoms with Gasteiger partial charge in [0.25, 0.3) is 5.69 Å². The predicted octanol–water partition coefficient (Wildman–Crippen LogP) is -0.349. The first-order valence-electron chi connectivity index (χ1n) is 4.65. The van der Waals surface area contributed by atoms with Crippen molar-refractivity contribution >= 4 is 5.69 Å². The highest BCUT2D eigenvalue weighted by atomic mass is 16.6. The summed E-state index contributed by atoms with van der Waals surface area (Å²) < 4.78 is 0. The van der Waals surface area contributed by atoms with Crippen molar-refractivity contribution in [3.63, 3.8) is 0 Å². The van der Waals surface area contributed by atoms with Gasteiger partial charge in [0.05, 0.1) is 16.7 Å². The normalized spacial score (nSPS) is 14.5. The third kappa shape index (κ3) is 2.51. The quantitative estimate of drug-likeness (QED) is 0.477. The average Bonchev–Trinajstić information content (AvgIpc) is 2.26. The molecule has 1 heterocycles. The van der Waals surface area contributed by atoms with Gasteiger partial charge in [0.15, 0.2) is 0 Å². The smallest absolute Gasteiger partial charge is 0.290 e. The molecule has 1 rings (SSSR count). The van der Waals surface area contributed by atoms with E-state index in [1.807, 2.05) is 0 Å².